The number of rotatable bonds is 2. The summed E-state index contributed by atoms with van der Waals surface area (Å²) in [6.07, 6.45) is 0. The molecule has 0 spiro atoms. The summed E-state index contributed by atoms with van der Waals surface area (Å²) in [7, 11) is 0. The third kappa shape index (κ3) is 3.25. The second kappa shape index (κ2) is 8.82. The van der Waals surface area contributed by atoms with Gasteiger partial charge in [-0.2, -0.15) is 0 Å². The van der Waals surface area contributed by atoms with E-state index in [2.05, 4.69) is 144 Å². The Morgan fingerprint density at radius 3 is 2.02 bits per heavy atom. The Balaban J connectivity index is 1.28. The van der Waals surface area contributed by atoms with E-state index in [-0.39, 0.29) is 0 Å². The van der Waals surface area contributed by atoms with E-state index in [0.29, 0.717) is 0 Å². The molecule has 44 heavy (non-hydrogen) atoms. The summed E-state index contributed by atoms with van der Waals surface area (Å²) >= 11 is 0. The van der Waals surface area contributed by atoms with Crippen LogP contribution in [0.3, 0.4) is 0 Å². The van der Waals surface area contributed by atoms with E-state index >= 15 is 0 Å². The molecule has 0 fully saturated rings. The lowest BCUT2D eigenvalue weighted by molar-refractivity contribution is 0.487. The lowest BCUT2D eigenvalue weighted by atomic mass is 9.90. The Morgan fingerprint density at radius 2 is 1.09 bits per heavy atom. The molecule has 1 aromatic heterocycles. The van der Waals surface area contributed by atoms with Crippen molar-refractivity contribution in [2.24, 2.45) is 0 Å². The second-order valence-electron chi connectivity index (χ2n) is 11.7. The summed E-state index contributed by atoms with van der Waals surface area (Å²) in [6.45, 7) is 0. The molecule has 10 rings (SSSR count). The monoisotopic (exact) mass is 559 g/mol. The number of para-hydroxylation sites is 1. The van der Waals surface area contributed by atoms with Crippen molar-refractivity contribution in [1.82, 2.24) is 4.57 Å². The molecule has 0 bridgehead atoms. The van der Waals surface area contributed by atoms with Crippen LogP contribution in [-0.2, 0) is 0 Å². The minimum Gasteiger partial charge on any atom is -0.456 e. The van der Waals surface area contributed by atoms with Crippen molar-refractivity contribution in [3.05, 3.63) is 152 Å². The smallest absolute Gasteiger partial charge is 0.135 e. The van der Waals surface area contributed by atoms with Gasteiger partial charge in [-0.3, -0.25) is 0 Å². The van der Waals surface area contributed by atoms with E-state index in [0.717, 1.165) is 17.1 Å². The van der Waals surface area contributed by atoms with Crippen LogP contribution in [0, 0.1) is 0 Å². The van der Waals surface area contributed by atoms with Gasteiger partial charge < -0.3 is 9.30 Å². The number of hydrogen-bond donors (Lipinski definition) is 0. The zero-order chi connectivity index (χ0) is 28.8. The molecule has 2 heterocycles. The van der Waals surface area contributed by atoms with E-state index in [4.69, 9.17) is 4.74 Å². The summed E-state index contributed by atoms with van der Waals surface area (Å²) in [4.78, 5) is 0. The van der Waals surface area contributed by atoms with Crippen LogP contribution in [0.5, 0.6) is 11.5 Å². The quantitative estimate of drug-likeness (QED) is 0.205. The first-order chi connectivity index (χ1) is 21.8. The van der Waals surface area contributed by atoms with Gasteiger partial charge in [0.1, 0.15) is 11.5 Å². The van der Waals surface area contributed by atoms with E-state index < -0.39 is 0 Å². The van der Waals surface area contributed by atoms with E-state index in [9.17, 15) is 0 Å². The highest BCUT2D eigenvalue weighted by Crippen LogP contribution is 2.49. The van der Waals surface area contributed by atoms with Crippen molar-refractivity contribution in [3.63, 3.8) is 0 Å². The highest BCUT2D eigenvalue weighted by Gasteiger charge is 2.22. The molecule has 8 aromatic carbocycles. The molecule has 0 saturated heterocycles. The Bertz CT molecular complexity index is 2640. The molecule has 1 aliphatic rings. The number of fused-ring (bicyclic) bond motifs is 7. The van der Waals surface area contributed by atoms with E-state index in [1.165, 1.54) is 76.5 Å². The molecule has 0 radical (unpaired) electrons. The largest absolute Gasteiger partial charge is 0.456 e. The standard InChI is InChI=1S/C42H25NO/c1-2-11-28-25-39-36(23-27(28)10-1)35-24-29(19-21-38(35)43(39)37-17-7-12-26-9-3-4-13-31(26)37)30-20-22-41-42-33(30)15-8-16-34(42)32-14-5-6-18-40(32)44-41/h1-25H. The summed E-state index contributed by atoms with van der Waals surface area (Å²) in [5, 5.41) is 9.87. The SMILES string of the molecule is c1ccc2c(c1)Oc1ccc(-c3ccc4c(c3)c3cc5ccccc5cc3n4-c3cccc4ccccc34)c3cccc-2c13. The Hall–Kier alpha value is -5.86. The van der Waals surface area contributed by atoms with Crippen LogP contribution in [0.1, 0.15) is 0 Å². The number of benzene rings is 8. The molecule has 0 atom stereocenters. The van der Waals surface area contributed by atoms with Crippen LogP contribution in [0.15, 0.2) is 152 Å². The van der Waals surface area contributed by atoms with Crippen LogP contribution in [0.25, 0.3) is 82.1 Å². The molecule has 1 aliphatic heterocycles. The van der Waals surface area contributed by atoms with Crippen LogP contribution in [0.4, 0.5) is 0 Å². The van der Waals surface area contributed by atoms with Crippen molar-refractivity contribution in [1.29, 1.82) is 0 Å². The summed E-state index contributed by atoms with van der Waals surface area (Å²) in [5.41, 5.74) is 8.39. The molecule has 0 amide bonds. The van der Waals surface area contributed by atoms with E-state index in [1.54, 1.807) is 0 Å². The van der Waals surface area contributed by atoms with Gasteiger partial charge >= 0.3 is 0 Å². The number of ether oxygens (including phenoxy) is 1. The molecule has 204 valence electrons. The maximum Gasteiger partial charge on any atom is 0.135 e. The van der Waals surface area contributed by atoms with Gasteiger partial charge in [-0.05, 0) is 80.7 Å². The van der Waals surface area contributed by atoms with Gasteiger partial charge in [-0.15, -0.1) is 0 Å². The molecular weight excluding hydrogens is 534 g/mol. The first-order valence-electron chi connectivity index (χ1n) is 15.1. The third-order valence-corrected chi connectivity index (χ3v) is 9.35. The van der Waals surface area contributed by atoms with Gasteiger partial charge in [0.05, 0.1) is 16.7 Å². The first kappa shape index (κ1) is 23.7. The van der Waals surface area contributed by atoms with Crippen molar-refractivity contribution < 1.29 is 4.74 Å². The average molecular weight is 560 g/mol. The summed E-state index contributed by atoms with van der Waals surface area (Å²) in [6, 6.07) is 54.9. The Kier molecular flexibility index (Phi) is 4.75. The number of nitrogens with zero attached hydrogens (tertiary/aromatic N) is 1. The van der Waals surface area contributed by atoms with Crippen molar-refractivity contribution >= 4 is 54.1 Å². The summed E-state index contributed by atoms with van der Waals surface area (Å²) in [5.74, 6) is 1.83. The fourth-order valence-electron chi connectivity index (χ4n) is 7.37. The lowest BCUT2D eigenvalue weighted by Crippen LogP contribution is -1.97. The van der Waals surface area contributed by atoms with Crippen LogP contribution >= 0.6 is 0 Å². The normalized spacial score (nSPS) is 12.3. The fraction of sp³-hybridized carbons (Fsp3) is 0. The minimum atomic E-state index is 0.912. The molecule has 2 heteroatoms. The average Bonchev–Trinajstić information content (AvgIpc) is 3.39. The highest BCUT2D eigenvalue weighted by molar-refractivity contribution is 6.16. The van der Waals surface area contributed by atoms with Gasteiger partial charge in [-0.25, -0.2) is 0 Å². The van der Waals surface area contributed by atoms with Gasteiger partial charge in [0, 0.05) is 27.1 Å². The maximum atomic E-state index is 6.39. The molecule has 0 saturated carbocycles. The fourth-order valence-corrected chi connectivity index (χ4v) is 7.37. The third-order valence-electron chi connectivity index (χ3n) is 9.35. The van der Waals surface area contributed by atoms with Crippen LogP contribution < -0.4 is 4.74 Å². The molecule has 9 aromatic rings. The second-order valence-corrected chi connectivity index (χ2v) is 11.7. The van der Waals surface area contributed by atoms with Gasteiger partial charge in [0.25, 0.3) is 0 Å². The molecule has 2 nitrogen and oxygen atoms in total. The predicted octanol–water partition coefficient (Wildman–Crippen LogP) is 11.7. The molecule has 0 unspecified atom stereocenters. The number of aromatic nitrogens is 1. The highest BCUT2D eigenvalue weighted by atomic mass is 16.5. The van der Waals surface area contributed by atoms with E-state index in [1.807, 2.05) is 12.1 Å². The van der Waals surface area contributed by atoms with Gasteiger partial charge in [0.15, 0.2) is 0 Å². The van der Waals surface area contributed by atoms with Gasteiger partial charge in [0.2, 0.25) is 0 Å². The zero-order valence-electron chi connectivity index (χ0n) is 23.8. The van der Waals surface area contributed by atoms with Gasteiger partial charge in [-0.1, -0.05) is 109 Å². The van der Waals surface area contributed by atoms with Crippen molar-refractivity contribution in [2.75, 3.05) is 0 Å². The van der Waals surface area contributed by atoms with Crippen molar-refractivity contribution in [2.45, 2.75) is 0 Å². The van der Waals surface area contributed by atoms with Crippen LogP contribution in [-0.4, -0.2) is 4.57 Å². The lowest BCUT2D eigenvalue weighted by Gasteiger charge is -2.22. The number of hydrogen-bond acceptors (Lipinski definition) is 1. The van der Waals surface area contributed by atoms with Crippen molar-refractivity contribution in [3.8, 4) is 39.4 Å². The molecular formula is C42H25NO. The minimum absolute atomic E-state index is 0.912. The van der Waals surface area contributed by atoms with Crippen LogP contribution in [0.2, 0.25) is 0 Å². The first-order valence-corrected chi connectivity index (χ1v) is 15.1. The summed E-state index contributed by atoms with van der Waals surface area (Å²) < 4.78 is 8.84. The Labute approximate surface area is 254 Å². The predicted molar refractivity (Wildman–Crippen MR) is 184 cm³/mol. The zero-order valence-corrected chi connectivity index (χ0v) is 23.8. The Morgan fingerprint density at radius 1 is 0.386 bits per heavy atom. The molecule has 0 N–H and O–H groups in total. The topological polar surface area (TPSA) is 14.2 Å². The molecule has 0 aliphatic carbocycles. The maximum absolute atomic E-state index is 6.39.